The third-order valence-electron chi connectivity index (χ3n) is 4.78. The molecule has 2 heterocycles. The number of ether oxygens (including phenoxy) is 1. The second kappa shape index (κ2) is 7.08. The van der Waals surface area contributed by atoms with E-state index in [1.54, 1.807) is 6.08 Å². The van der Waals surface area contributed by atoms with Crippen LogP contribution in [0.2, 0.25) is 0 Å². The van der Waals surface area contributed by atoms with Gasteiger partial charge in [-0.15, -0.1) is 0 Å². The predicted octanol–water partition coefficient (Wildman–Crippen LogP) is 5.13. The van der Waals surface area contributed by atoms with Crippen molar-refractivity contribution in [3.8, 4) is 5.88 Å². The number of allylic oxidation sites excluding steroid dienone is 1. The lowest BCUT2D eigenvalue weighted by molar-refractivity contribution is 0.176. The molecule has 0 saturated heterocycles. The lowest BCUT2D eigenvalue weighted by Gasteiger charge is -2.19. The van der Waals surface area contributed by atoms with Crippen LogP contribution in [0.4, 0.5) is 0 Å². The minimum Gasteiger partial charge on any atom is -0.472 e. The average molecular weight is 298 g/mol. The Bertz CT molecular complexity index is 565. The molecule has 0 N–H and O–H groups in total. The molecule has 3 heteroatoms. The van der Waals surface area contributed by atoms with Crippen LogP contribution >= 0.6 is 0 Å². The van der Waals surface area contributed by atoms with Crippen LogP contribution in [0, 0.1) is 0 Å². The molecule has 1 aliphatic heterocycles. The SMILES string of the molecule is C=Cc1nc2c(nc1/C=C\C)C1CCCCCCCCC1O2. The molecule has 0 aromatic carbocycles. The topological polar surface area (TPSA) is 35.0 Å². The van der Waals surface area contributed by atoms with E-state index in [0.29, 0.717) is 5.92 Å². The Kier molecular flexibility index (Phi) is 4.91. The number of aromatic nitrogens is 2. The summed E-state index contributed by atoms with van der Waals surface area (Å²) in [6.45, 7) is 5.86. The van der Waals surface area contributed by atoms with Gasteiger partial charge in [0, 0.05) is 5.92 Å². The summed E-state index contributed by atoms with van der Waals surface area (Å²) in [5.41, 5.74) is 2.81. The smallest absolute Gasteiger partial charge is 0.236 e. The van der Waals surface area contributed by atoms with E-state index in [1.807, 2.05) is 19.1 Å². The highest BCUT2D eigenvalue weighted by Crippen LogP contribution is 2.41. The van der Waals surface area contributed by atoms with Crippen LogP contribution in [-0.2, 0) is 0 Å². The average Bonchev–Trinajstić information content (AvgIpc) is 2.87. The van der Waals surface area contributed by atoms with Gasteiger partial charge in [0.25, 0.3) is 0 Å². The lowest BCUT2D eigenvalue weighted by atomic mass is 9.89. The van der Waals surface area contributed by atoms with Gasteiger partial charge in [0.15, 0.2) is 0 Å². The molecule has 22 heavy (non-hydrogen) atoms. The van der Waals surface area contributed by atoms with Crippen LogP contribution in [0.25, 0.3) is 12.2 Å². The molecular weight excluding hydrogens is 272 g/mol. The van der Waals surface area contributed by atoms with Gasteiger partial charge in [-0.25, -0.2) is 9.97 Å². The molecule has 3 nitrogen and oxygen atoms in total. The molecule has 0 spiro atoms. The number of rotatable bonds is 2. The Hall–Kier alpha value is -1.64. The van der Waals surface area contributed by atoms with Crippen molar-refractivity contribution in [2.75, 3.05) is 0 Å². The molecule has 2 aliphatic rings. The number of fused-ring (bicyclic) bond motifs is 3. The summed E-state index contributed by atoms with van der Waals surface area (Å²) in [4.78, 5) is 9.55. The highest BCUT2D eigenvalue weighted by Gasteiger charge is 2.36. The molecular formula is C19H26N2O. The highest BCUT2D eigenvalue weighted by molar-refractivity contribution is 5.59. The molecule has 2 unspecified atom stereocenters. The Balaban J connectivity index is 1.92. The van der Waals surface area contributed by atoms with Crippen molar-refractivity contribution in [1.29, 1.82) is 0 Å². The van der Waals surface area contributed by atoms with E-state index in [1.165, 1.54) is 44.9 Å². The van der Waals surface area contributed by atoms with Gasteiger partial charge < -0.3 is 4.74 Å². The van der Waals surface area contributed by atoms with E-state index < -0.39 is 0 Å². The third kappa shape index (κ3) is 3.08. The van der Waals surface area contributed by atoms with E-state index >= 15 is 0 Å². The first-order valence-electron chi connectivity index (χ1n) is 8.67. The van der Waals surface area contributed by atoms with E-state index in [0.717, 1.165) is 29.4 Å². The zero-order valence-corrected chi connectivity index (χ0v) is 13.6. The maximum atomic E-state index is 6.17. The Morgan fingerprint density at radius 1 is 1.00 bits per heavy atom. The molecule has 0 radical (unpaired) electrons. The van der Waals surface area contributed by atoms with Crippen molar-refractivity contribution in [2.24, 2.45) is 0 Å². The largest absolute Gasteiger partial charge is 0.472 e. The van der Waals surface area contributed by atoms with Crippen molar-refractivity contribution >= 4 is 12.2 Å². The minimum absolute atomic E-state index is 0.270. The van der Waals surface area contributed by atoms with Gasteiger partial charge >= 0.3 is 0 Å². The molecule has 1 aromatic rings. The van der Waals surface area contributed by atoms with Gasteiger partial charge in [-0.2, -0.15) is 0 Å². The summed E-state index contributed by atoms with van der Waals surface area (Å²) >= 11 is 0. The molecule has 0 bridgehead atoms. The first-order valence-corrected chi connectivity index (χ1v) is 8.67. The molecule has 1 aromatic heterocycles. The molecule has 1 fully saturated rings. The maximum absolute atomic E-state index is 6.17. The van der Waals surface area contributed by atoms with Crippen molar-refractivity contribution < 1.29 is 4.74 Å². The van der Waals surface area contributed by atoms with Crippen LogP contribution in [0.5, 0.6) is 5.88 Å². The third-order valence-corrected chi connectivity index (χ3v) is 4.78. The zero-order chi connectivity index (χ0) is 15.4. The van der Waals surface area contributed by atoms with E-state index in [4.69, 9.17) is 9.72 Å². The second-order valence-corrected chi connectivity index (χ2v) is 6.35. The van der Waals surface area contributed by atoms with Crippen LogP contribution in [0.15, 0.2) is 12.7 Å². The minimum atomic E-state index is 0.270. The first-order chi connectivity index (χ1) is 10.8. The first kappa shape index (κ1) is 15.3. The lowest BCUT2D eigenvalue weighted by Crippen LogP contribution is -2.19. The predicted molar refractivity (Wildman–Crippen MR) is 90.9 cm³/mol. The number of hydrogen-bond donors (Lipinski definition) is 0. The number of hydrogen-bond acceptors (Lipinski definition) is 3. The van der Waals surface area contributed by atoms with Crippen molar-refractivity contribution in [3.63, 3.8) is 0 Å². The van der Waals surface area contributed by atoms with Gasteiger partial charge in [-0.05, 0) is 38.3 Å². The molecule has 1 aliphatic carbocycles. The van der Waals surface area contributed by atoms with E-state index in [9.17, 15) is 0 Å². The molecule has 118 valence electrons. The molecule has 3 rings (SSSR count). The van der Waals surface area contributed by atoms with E-state index in [2.05, 4.69) is 11.6 Å². The standard InChI is InChI=1S/C19H26N2O/c1-3-11-16-15(4-2)21-19-18(20-16)14-12-9-7-5-6-8-10-13-17(14)22-19/h3-4,11,14,17H,2,5-10,12-13H2,1H3/b11-3-. The van der Waals surface area contributed by atoms with Gasteiger partial charge in [-0.1, -0.05) is 44.8 Å². The molecule has 2 atom stereocenters. The monoisotopic (exact) mass is 298 g/mol. The number of nitrogens with zero attached hydrogens (tertiary/aromatic N) is 2. The summed E-state index contributed by atoms with van der Waals surface area (Å²) in [7, 11) is 0. The summed E-state index contributed by atoms with van der Waals surface area (Å²) in [6, 6.07) is 0. The van der Waals surface area contributed by atoms with Crippen molar-refractivity contribution in [2.45, 2.75) is 70.3 Å². The van der Waals surface area contributed by atoms with Crippen LogP contribution in [-0.4, -0.2) is 16.1 Å². The normalized spacial score (nSPS) is 25.3. The van der Waals surface area contributed by atoms with Crippen molar-refractivity contribution in [1.82, 2.24) is 9.97 Å². The fraction of sp³-hybridized carbons (Fsp3) is 0.579. The second-order valence-electron chi connectivity index (χ2n) is 6.35. The fourth-order valence-corrected chi connectivity index (χ4v) is 3.62. The molecule has 0 amide bonds. The van der Waals surface area contributed by atoms with Gasteiger partial charge in [0.1, 0.15) is 11.8 Å². The quantitative estimate of drug-likeness (QED) is 0.759. The van der Waals surface area contributed by atoms with E-state index in [-0.39, 0.29) is 6.10 Å². The van der Waals surface area contributed by atoms with Crippen LogP contribution in [0.3, 0.4) is 0 Å². The highest BCUT2D eigenvalue weighted by atomic mass is 16.5. The molecule has 1 saturated carbocycles. The Labute approximate surface area is 133 Å². The summed E-state index contributed by atoms with van der Waals surface area (Å²) in [5.74, 6) is 1.17. The fourth-order valence-electron chi connectivity index (χ4n) is 3.62. The zero-order valence-electron chi connectivity index (χ0n) is 13.6. The summed E-state index contributed by atoms with van der Waals surface area (Å²) in [5, 5.41) is 0. The van der Waals surface area contributed by atoms with Crippen molar-refractivity contribution in [3.05, 3.63) is 29.7 Å². The Morgan fingerprint density at radius 3 is 2.45 bits per heavy atom. The van der Waals surface area contributed by atoms with Gasteiger partial charge in [0.05, 0.1) is 11.4 Å². The van der Waals surface area contributed by atoms with Gasteiger partial charge in [0.2, 0.25) is 5.88 Å². The van der Waals surface area contributed by atoms with Crippen LogP contribution in [0.1, 0.15) is 81.3 Å². The van der Waals surface area contributed by atoms with Gasteiger partial charge in [-0.3, -0.25) is 0 Å². The summed E-state index contributed by atoms with van der Waals surface area (Å²) in [6.07, 6.45) is 16.3. The maximum Gasteiger partial charge on any atom is 0.236 e. The summed E-state index contributed by atoms with van der Waals surface area (Å²) < 4.78 is 6.17. The van der Waals surface area contributed by atoms with Crippen LogP contribution < -0.4 is 4.74 Å². The Morgan fingerprint density at radius 2 is 1.73 bits per heavy atom.